The molecule has 0 radical (unpaired) electrons. The number of sulfonamides is 1. The van der Waals surface area contributed by atoms with Gasteiger partial charge in [0.25, 0.3) is 10.0 Å². The zero-order valence-corrected chi connectivity index (χ0v) is 14.2. The summed E-state index contributed by atoms with van der Waals surface area (Å²) in [5, 5.41) is 2.96. The minimum atomic E-state index is -4.67. The summed E-state index contributed by atoms with van der Waals surface area (Å²) >= 11 is 0. The highest BCUT2D eigenvalue weighted by molar-refractivity contribution is 7.89. The van der Waals surface area contributed by atoms with E-state index in [0.717, 1.165) is 32.1 Å². The van der Waals surface area contributed by atoms with Gasteiger partial charge in [-0.1, -0.05) is 24.4 Å². The molecule has 0 N–H and O–H groups in total. The van der Waals surface area contributed by atoms with Gasteiger partial charge in [-0.25, -0.2) is 8.42 Å². The second kappa shape index (κ2) is 6.49. The summed E-state index contributed by atoms with van der Waals surface area (Å²) in [7, 11) is -2.37. The van der Waals surface area contributed by atoms with Crippen molar-refractivity contribution in [2.75, 3.05) is 7.05 Å². The summed E-state index contributed by atoms with van der Waals surface area (Å²) in [6.45, 7) is 0. The highest BCUT2D eigenvalue weighted by Crippen LogP contribution is 2.34. The van der Waals surface area contributed by atoms with E-state index in [4.69, 9.17) is 4.42 Å². The summed E-state index contributed by atoms with van der Waals surface area (Å²) in [6, 6.07) is 3.04. The van der Waals surface area contributed by atoms with Crippen LogP contribution in [0.2, 0.25) is 0 Å². The van der Waals surface area contributed by atoms with Crippen LogP contribution in [-0.4, -0.2) is 31.0 Å². The first-order valence-corrected chi connectivity index (χ1v) is 9.26. The third-order valence-electron chi connectivity index (χ3n) is 4.35. The van der Waals surface area contributed by atoms with Gasteiger partial charge >= 0.3 is 6.18 Å². The van der Waals surface area contributed by atoms with E-state index in [0.29, 0.717) is 6.07 Å². The normalized spacial score (nSPS) is 17.3. The lowest BCUT2D eigenvalue weighted by atomic mass is 9.96. The second-order valence-electron chi connectivity index (χ2n) is 6.01. The van der Waals surface area contributed by atoms with Crippen LogP contribution < -0.4 is 0 Å². The number of furan rings is 1. The van der Waals surface area contributed by atoms with E-state index in [1.165, 1.54) is 23.5 Å². The molecule has 0 spiro atoms. The summed E-state index contributed by atoms with van der Waals surface area (Å²) in [6.07, 6.45) is -0.0971. The molecule has 138 valence electrons. The molecule has 0 bridgehead atoms. The predicted octanol–water partition coefficient (Wildman–Crippen LogP) is 3.91. The van der Waals surface area contributed by atoms with Gasteiger partial charge in [0, 0.05) is 19.2 Å². The van der Waals surface area contributed by atoms with Crippen molar-refractivity contribution in [3.05, 3.63) is 24.0 Å². The van der Waals surface area contributed by atoms with Gasteiger partial charge in [-0.05, 0) is 25.0 Å². The molecule has 1 fully saturated rings. The third-order valence-corrected chi connectivity index (χ3v) is 6.13. The Morgan fingerprint density at radius 1 is 1.20 bits per heavy atom. The van der Waals surface area contributed by atoms with Crippen LogP contribution in [0.3, 0.4) is 0 Å². The van der Waals surface area contributed by atoms with E-state index in [1.54, 1.807) is 0 Å². The summed E-state index contributed by atoms with van der Waals surface area (Å²) in [5.74, 6) is -1.38. The first kappa shape index (κ1) is 18.0. The Balaban J connectivity index is 1.83. The first-order valence-electron chi connectivity index (χ1n) is 7.82. The molecule has 0 amide bonds. The van der Waals surface area contributed by atoms with E-state index in [1.807, 2.05) is 0 Å². The van der Waals surface area contributed by atoms with Crippen LogP contribution in [0, 0.1) is 0 Å². The molecule has 0 saturated heterocycles. The summed E-state index contributed by atoms with van der Waals surface area (Å²) < 4.78 is 73.7. The minimum Gasteiger partial charge on any atom is -0.441 e. The average Bonchev–Trinajstić information content (AvgIpc) is 3.23. The fourth-order valence-electron chi connectivity index (χ4n) is 2.90. The topological polar surface area (TPSA) is 76.6 Å². The lowest BCUT2D eigenvalue weighted by molar-refractivity contribution is -0.155. The molecular weight excluding hydrogens is 361 g/mol. The van der Waals surface area contributed by atoms with Gasteiger partial charge in [-0.3, -0.25) is 0 Å². The number of hydrogen-bond acceptors (Lipinski definition) is 5. The monoisotopic (exact) mass is 378 g/mol. The van der Waals surface area contributed by atoms with E-state index in [9.17, 15) is 21.6 Å². The van der Waals surface area contributed by atoms with Crippen molar-refractivity contribution < 1.29 is 30.5 Å². The SMILES string of the molecule is CN(C1CCCCC1)S(=O)(=O)c1ccc(-c2cc(C(F)(F)F)on2)o1. The Morgan fingerprint density at radius 2 is 1.88 bits per heavy atom. The van der Waals surface area contributed by atoms with Crippen molar-refractivity contribution in [3.63, 3.8) is 0 Å². The van der Waals surface area contributed by atoms with E-state index < -0.39 is 22.0 Å². The lowest BCUT2D eigenvalue weighted by Gasteiger charge is -2.29. The number of hydrogen-bond donors (Lipinski definition) is 0. The van der Waals surface area contributed by atoms with Crippen LogP contribution in [-0.2, 0) is 16.2 Å². The van der Waals surface area contributed by atoms with Gasteiger partial charge in [0.1, 0.15) is 5.69 Å². The smallest absolute Gasteiger partial charge is 0.441 e. The molecule has 25 heavy (non-hydrogen) atoms. The second-order valence-corrected chi connectivity index (χ2v) is 7.93. The Morgan fingerprint density at radius 3 is 2.48 bits per heavy atom. The number of rotatable bonds is 4. The zero-order valence-electron chi connectivity index (χ0n) is 13.4. The molecule has 2 heterocycles. The molecule has 6 nitrogen and oxygen atoms in total. The molecule has 0 aliphatic heterocycles. The maximum Gasteiger partial charge on any atom is 0.452 e. The van der Waals surface area contributed by atoms with Crippen molar-refractivity contribution >= 4 is 10.0 Å². The quantitative estimate of drug-likeness (QED) is 0.806. The van der Waals surface area contributed by atoms with Gasteiger partial charge in [-0.15, -0.1) is 0 Å². The molecule has 1 aliphatic carbocycles. The Hall–Kier alpha value is -1.81. The van der Waals surface area contributed by atoms with E-state index >= 15 is 0 Å². The molecule has 1 saturated carbocycles. The molecular formula is C15H17F3N2O4S. The molecule has 10 heteroatoms. The molecule has 0 atom stereocenters. The minimum absolute atomic E-state index is 0.101. The average molecular weight is 378 g/mol. The Labute approximate surface area is 142 Å². The molecule has 2 aromatic rings. The van der Waals surface area contributed by atoms with Gasteiger partial charge in [0.2, 0.25) is 10.9 Å². The van der Waals surface area contributed by atoms with Crippen molar-refractivity contribution in [1.82, 2.24) is 9.46 Å². The van der Waals surface area contributed by atoms with Crippen LogP contribution >= 0.6 is 0 Å². The van der Waals surface area contributed by atoms with Crippen LogP contribution in [0.5, 0.6) is 0 Å². The third kappa shape index (κ3) is 3.59. The van der Waals surface area contributed by atoms with Crippen molar-refractivity contribution in [1.29, 1.82) is 0 Å². The molecule has 2 aromatic heterocycles. The number of halogens is 3. The van der Waals surface area contributed by atoms with Crippen LogP contribution in [0.25, 0.3) is 11.5 Å². The highest BCUT2D eigenvalue weighted by atomic mass is 32.2. The van der Waals surface area contributed by atoms with E-state index in [2.05, 4.69) is 9.68 Å². The van der Waals surface area contributed by atoms with Gasteiger partial charge in [-0.2, -0.15) is 17.5 Å². The highest BCUT2D eigenvalue weighted by Gasteiger charge is 2.37. The Kier molecular flexibility index (Phi) is 4.67. The molecule has 1 aliphatic rings. The van der Waals surface area contributed by atoms with Crippen LogP contribution in [0.15, 0.2) is 32.2 Å². The molecule has 0 aromatic carbocycles. The van der Waals surface area contributed by atoms with Crippen molar-refractivity contribution in [2.24, 2.45) is 0 Å². The first-order chi connectivity index (χ1) is 11.7. The van der Waals surface area contributed by atoms with Crippen molar-refractivity contribution in [2.45, 2.75) is 49.4 Å². The number of nitrogens with zero attached hydrogens (tertiary/aromatic N) is 2. The summed E-state index contributed by atoms with van der Waals surface area (Å²) in [5.41, 5.74) is -0.214. The predicted molar refractivity (Wildman–Crippen MR) is 81.0 cm³/mol. The fourth-order valence-corrected chi connectivity index (χ4v) is 4.23. The van der Waals surface area contributed by atoms with Crippen LogP contribution in [0.4, 0.5) is 13.2 Å². The van der Waals surface area contributed by atoms with Gasteiger partial charge < -0.3 is 8.94 Å². The molecule has 3 rings (SSSR count). The molecule has 0 unspecified atom stereocenters. The maximum atomic E-state index is 12.6. The standard InChI is InChI=1S/C15H17F3N2O4S/c1-20(10-5-3-2-4-6-10)25(21,22)14-8-7-12(23-14)11-9-13(24-19-11)15(16,17)18/h7-10H,2-6H2,1H3. The fraction of sp³-hybridized carbons (Fsp3) is 0.533. The summed E-state index contributed by atoms with van der Waals surface area (Å²) in [4.78, 5) is 0. The maximum absolute atomic E-state index is 12.6. The zero-order chi connectivity index (χ0) is 18.2. The Bertz CT molecular complexity index is 835. The van der Waals surface area contributed by atoms with Gasteiger partial charge in [0.05, 0.1) is 0 Å². The van der Waals surface area contributed by atoms with E-state index in [-0.39, 0.29) is 22.6 Å². The lowest BCUT2D eigenvalue weighted by Crippen LogP contribution is -2.38. The number of alkyl halides is 3. The number of aromatic nitrogens is 1. The van der Waals surface area contributed by atoms with Crippen molar-refractivity contribution in [3.8, 4) is 11.5 Å². The van der Waals surface area contributed by atoms with Crippen LogP contribution in [0.1, 0.15) is 37.9 Å². The largest absolute Gasteiger partial charge is 0.452 e. The van der Waals surface area contributed by atoms with Gasteiger partial charge in [0.15, 0.2) is 5.76 Å².